The van der Waals surface area contributed by atoms with Gasteiger partial charge < -0.3 is 19.9 Å². The lowest BCUT2D eigenvalue weighted by Crippen LogP contribution is -2.42. The highest BCUT2D eigenvalue weighted by Gasteiger charge is 2.21. The summed E-state index contributed by atoms with van der Waals surface area (Å²) >= 11 is 5.83. The van der Waals surface area contributed by atoms with Gasteiger partial charge in [0.25, 0.3) is 0 Å². The Kier molecular flexibility index (Phi) is 6.42. The van der Waals surface area contributed by atoms with Crippen molar-refractivity contribution in [2.24, 2.45) is 0 Å². The number of phenolic OH excluding ortho intramolecular Hbond substituents is 1. The Morgan fingerprint density at radius 2 is 1.87 bits per heavy atom. The molecular formula is C22H20ClNO6. The van der Waals surface area contributed by atoms with Crippen molar-refractivity contribution in [3.05, 3.63) is 74.6 Å². The van der Waals surface area contributed by atoms with Gasteiger partial charge in [-0.05, 0) is 48.7 Å². The molecule has 0 aliphatic heterocycles. The predicted octanol–water partition coefficient (Wildman–Crippen LogP) is 3.21. The molecule has 0 aliphatic rings. The van der Waals surface area contributed by atoms with Gasteiger partial charge in [-0.2, -0.15) is 0 Å². The summed E-state index contributed by atoms with van der Waals surface area (Å²) in [5.74, 6) is -1.65. The summed E-state index contributed by atoms with van der Waals surface area (Å²) in [6, 6.07) is 10.1. The molecule has 0 aliphatic carbocycles. The number of aryl methyl sites for hydroxylation is 1. The van der Waals surface area contributed by atoms with Crippen molar-refractivity contribution >= 4 is 34.4 Å². The summed E-state index contributed by atoms with van der Waals surface area (Å²) < 4.78 is 5.24. The number of halogens is 1. The first-order valence-corrected chi connectivity index (χ1v) is 9.64. The van der Waals surface area contributed by atoms with Crippen LogP contribution in [0.4, 0.5) is 0 Å². The molecule has 0 bridgehead atoms. The van der Waals surface area contributed by atoms with Gasteiger partial charge in [0.05, 0.1) is 0 Å². The molecule has 156 valence electrons. The van der Waals surface area contributed by atoms with Crippen LogP contribution in [0.5, 0.6) is 5.75 Å². The summed E-state index contributed by atoms with van der Waals surface area (Å²) in [4.78, 5) is 36.2. The van der Waals surface area contributed by atoms with Crippen LogP contribution in [0, 0.1) is 6.92 Å². The van der Waals surface area contributed by atoms with Gasteiger partial charge in [0.15, 0.2) is 0 Å². The quantitative estimate of drug-likeness (QED) is 0.496. The third-order valence-electron chi connectivity index (χ3n) is 4.86. The number of nitrogens with one attached hydrogen (secondary N) is 1. The number of carboxylic acids is 1. The van der Waals surface area contributed by atoms with E-state index in [9.17, 15) is 24.6 Å². The topological polar surface area (TPSA) is 117 Å². The number of aliphatic carboxylic acids is 1. The molecule has 0 spiro atoms. The molecule has 3 aromatic rings. The fourth-order valence-electron chi connectivity index (χ4n) is 3.23. The molecule has 0 radical (unpaired) electrons. The summed E-state index contributed by atoms with van der Waals surface area (Å²) in [6.07, 6.45) is 0.141. The zero-order valence-electron chi connectivity index (χ0n) is 16.1. The molecule has 1 heterocycles. The van der Waals surface area contributed by atoms with Crippen molar-refractivity contribution in [3.63, 3.8) is 0 Å². The van der Waals surface area contributed by atoms with Crippen LogP contribution in [0.15, 0.2) is 51.7 Å². The van der Waals surface area contributed by atoms with E-state index in [1.807, 2.05) is 0 Å². The summed E-state index contributed by atoms with van der Waals surface area (Å²) in [5, 5.41) is 22.7. The van der Waals surface area contributed by atoms with Crippen LogP contribution in [-0.4, -0.2) is 28.1 Å². The van der Waals surface area contributed by atoms with Crippen LogP contribution in [-0.2, 0) is 22.4 Å². The van der Waals surface area contributed by atoms with Crippen LogP contribution in [0.2, 0.25) is 5.02 Å². The van der Waals surface area contributed by atoms with E-state index in [2.05, 4.69) is 5.32 Å². The van der Waals surface area contributed by atoms with Gasteiger partial charge in [0, 0.05) is 34.9 Å². The predicted molar refractivity (Wildman–Crippen MR) is 112 cm³/mol. The molecule has 0 saturated carbocycles. The third kappa shape index (κ3) is 4.99. The Morgan fingerprint density at radius 1 is 1.17 bits per heavy atom. The highest BCUT2D eigenvalue weighted by Crippen LogP contribution is 2.23. The number of hydrogen-bond acceptors (Lipinski definition) is 5. The largest absolute Gasteiger partial charge is 0.508 e. The van der Waals surface area contributed by atoms with Crippen molar-refractivity contribution in [2.45, 2.75) is 32.2 Å². The number of hydrogen-bond donors (Lipinski definition) is 3. The minimum Gasteiger partial charge on any atom is -0.508 e. The first-order chi connectivity index (χ1) is 14.2. The second-order valence-electron chi connectivity index (χ2n) is 6.96. The molecule has 0 saturated heterocycles. The van der Waals surface area contributed by atoms with E-state index >= 15 is 0 Å². The van der Waals surface area contributed by atoms with E-state index in [0.717, 1.165) is 5.56 Å². The Labute approximate surface area is 176 Å². The Balaban J connectivity index is 1.69. The maximum Gasteiger partial charge on any atom is 0.339 e. The highest BCUT2D eigenvalue weighted by molar-refractivity contribution is 6.30. The second-order valence-corrected chi connectivity index (χ2v) is 7.40. The lowest BCUT2D eigenvalue weighted by molar-refractivity contribution is -0.141. The number of benzene rings is 2. The zero-order valence-corrected chi connectivity index (χ0v) is 16.9. The maximum atomic E-state index is 12.3. The lowest BCUT2D eigenvalue weighted by Gasteiger charge is -2.15. The van der Waals surface area contributed by atoms with Crippen molar-refractivity contribution in [1.82, 2.24) is 5.32 Å². The van der Waals surface area contributed by atoms with Gasteiger partial charge in [0.2, 0.25) is 5.91 Å². The molecule has 3 rings (SSSR count). The molecule has 7 nitrogen and oxygen atoms in total. The summed E-state index contributed by atoms with van der Waals surface area (Å²) in [6.45, 7) is 1.74. The Bertz CT molecular complexity index is 1150. The maximum absolute atomic E-state index is 12.3. The fraction of sp³-hybridized carbons (Fsp3) is 0.227. The van der Waals surface area contributed by atoms with E-state index in [0.29, 0.717) is 21.5 Å². The van der Waals surface area contributed by atoms with E-state index in [1.165, 1.54) is 12.1 Å². The standard InChI is InChI=1S/C22H20ClNO6/c1-12-16-7-6-15(25)11-19(16)30-22(29)17(12)8-9-20(26)24-18(21(27)28)10-13-2-4-14(23)5-3-13/h2-7,11,18,25H,8-10H2,1H3,(H,24,26)(H,27,28)/t18-/m0/s1. The zero-order chi connectivity index (χ0) is 21.8. The van der Waals surface area contributed by atoms with Crippen LogP contribution in [0.1, 0.15) is 23.1 Å². The van der Waals surface area contributed by atoms with Gasteiger partial charge in [-0.3, -0.25) is 4.79 Å². The molecule has 1 aromatic heterocycles. The first-order valence-electron chi connectivity index (χ1n) is 9.26. The van der Waals surface area contributed by atoms with Gasteiger partial charge >= 0.3 is 11.6 Å². The fourth-order valence-corrected chi connectivity index (χ4v) is 3.36. The molecular weight excluding hydrogens is 410 g/mol. The molecule has 1 atom stereocenters. The van der Waals surface area contributed by atoms with Crippen LogP contribution in [0.3, 0.4) is 0 Å². The molecule has 30 heavy (non-hydrogen) atoms. The molecule has 0 unspecified atom stereocenters. The number of carbonyl (C=O) groups excluding carboxylic acids is 1. The van der Waals surface area contributed by atoms with E-state index < -0.39 is 23.5 Å². The average molecular weight is 430 g/mol. The van der Waals surface area contributed by atoms with Crippen molar-refractivity contribution < 1.29 is 24.2 Å². The average Bonchev–Trinajstić information content (AvgIpc) is 2.68. The normalized spacial score (nSPS) is 11.9. The van der Waals surface area contributed by atoms with Crippen molar-refractivity contribution in [2.75, 3.05) is 0 Å². The van der Waals surface area contributed by atoms with Crippen LogP contribution in [0.25, 0.3) is 11.0 Å². The summed E-state index contributed by atoms with van der Waals surface area (Å²) in [5.41, 5.74) is 1.40. The molecule has 8 heteroatoms. The van der Waals surface area contributed by atoms with Crippen molar-refractivity contribution in [3.8, 4) is 5.75 Å². The third-order valence-corrected chi connectivity index (χ3v) is 5.11. The Hall–Kier alpha value is -3.32. The number of carbonyl (C=O) groups is 2. The van der Waals surface area contributed by atoms with E-state index in [4.69, 9.17) is 16.0 Å². The lowest BCUT2D eigenvalue weighted by atomic mass is 10.0. The first kappa shape index (κ1) is 21.4. The highest BCUT2D eigenvalue weighted by atomic mass is 35.5. The smallest absolute Gasteiger partial charge is 0.339 e. The monoisotopic (exact) mass is 429 g/mol. The number of phenols is 1. The minimum absolute atomic E-state index is 0.0161. The molecule has 0 fully saturated rings. The van der Waals surface area contributed by atoms with Gasteiger partial charge in [-0.25, -0.2) is 9.59 Å². The van der Waals surface area contributed by atoms with Crippen LogP contribution < -0.4 is 10.9 Å². The second kappa shape index (κ2) is 9.00. The molecule has 3 N–H and O–H groups in total. The summed E-state index contributed by atoms with van der Waals surface area (Å²) in [7, 11) is 0. The van der Waals surface area contributed by atoms with Gasteiger partial charge in [0.1, 0.15) is 17.4 Å². The Morgan fingerprint density at radius 3 is 2.53 bits per heavy atom. The number of fused-ring (bicyclic) bond motifs is 1. The van der Waals surface area contributed by atoms with E-state index in [1.54, 1.807) is 37.3 Å². The minimum atomic E-state index is -1.15. The molecule has 2 aromatic carbocycles. The van der Waals surface area contributed by atoms with Gasteiger partial charge in [-0.1, -0.05) is 23.7 Å². The van der Waals surface area contributed by atoms with Crippen LogP contribution >= 0.6 is 11.6 Å². The van der Waals surface area contributed by atoms with E-state index in [-0.39, 0.29) is 30.6 Å². The SMILES string of the molecule is Cc1c(CCC(=O)N[C@@H](Cc2ccc(Cl)cc2)C(=O)O)c(=O)oc2cc(O)ccc12. The number of rotatable bonds is 7. The number of aromatic hydroxyl groups is 1. The number of amides is 1. The molecule has 1 amide bonds. The van der Waals surface area contributed by atoms with Gasteiger partial charge in [-0.15, -0.1) is 0 Å². The number of carboxylic acid groups (broad SMARTS) is 1. The van der Waals surface area contributed by atoms with Crippen molar-refractivity contribution in [1.29, 1.82) is 0 Å².